The molecule has 0 aromatic heterocycles. The Morgan fingerprint density at radius 3 is 2.15 bits per heavy atom. The van der Waals surface area contributed by atoms with Crippen molar-refractivity contribution in [1.29, 1.82) is 0 Å². The molecule has 34 heavy (non-hydrogen) atoms. The molecule has 1 fully saturated rings. The molecule has 174 valence electrons. The summed E-state index contributed by atoms with van der Waals surface area (Å²) >= 11 is 12.3. The Morgan fingerprint density at radius 2 is 1.56 bits per heavy atom. The molecule has 3 aromatic carbocycles. The molecule has 1 atom stereocenters. The van der Waals surface area contributed by atoms with Crippen LogP contribution in [0.1, 0.15) is 22.7 Å². The molecular weight excluding hydrogens is 477 g/mol. The van der Waals surface area contributed by atoms with Crippen molar-refractivity contribution in [2.24, 2.45) is 0 Å². The van der Waals surface area contributed by atoms with Crippen molar-refractivity contribution in [3.05, 3.63) is 93.0 Å². The molecule has 0 radical (unpaired) electrons. The summed E-state index contributed by atoms with van der Waals surface area (Å²) in [5, 5.41) is 12.0. The number of methoxy groups -OCH3 is 2. The van der Waals surface area contributed by atoms with E-state index in [-0.39, 0.29) is 16.2 Å². The monoisotopic (exact) mass is 497 g/mol. The number of nitrogens with zero attached hydrogens (tertiary/aromatic N) is 1. The lowest BCUT2D eigenvalue weighted by Gasteiger charge is -2.27. The molecule has 1 saturated heterocycles. The Morgan fingerprint density at radius 1 is 0.912 bits per heavy atom. The van der Waals surface area contributed by atoms with Gasteiger partial charge in [-0.2, -0.15) is 0 Å². The first kappa shape index (κ1) is 23.7. The number of rotatable bonds is 5. The summed E-state index contributed by atoms with van der Waals surface area (Å²) in [6, 6.07) is 16.1. The molecule has 8 heteroatoms. The van der Waals surface area contributed by atoms with Gasteiger partial charge < -0.3 is 14.6 Å². The minimum absolute atomic E-state index is 0.0897. The number of hydrogen-bond donors (Lipinski definition) is 1. The third kappa shape index (κ3) is 3.89. The highest BCUT2D eigenvalue weighted by Crippen LogP contribution is 2.46. The number of Topliss-reactive ketones (excluding diaryl/α,β-unsaturated/α-hetero) is 1. The molecule has 0 aliphatic carbocycles. The highest BCUT2D eigenvalue weighted by molar-refractivity contribution is 6.52. The van der Waals surface area contributed by atoms with Gasteiger partial charge in [-0.1, -0.05) is 53.5 Å². The van der Waals surface area contributed by atoms with Gasteiger partial charge in [0, 0.05) is 5.69 Å². The van der Waals surface area contributed by atoms with Gasteiger partial charge in [-0.3, -0.25) is 14.5 Å². The second kappa shape index (κ2) is 9.41. The first-order valence-electron chi connectivity index (χ1n) is 10.3. The zero-order chi connectivity index (χ0) is 24.6. The Bertz CT molecular complexity index is 1310. The lowest BCUT2D eigenvalue weighted by atomic mass is 9.92. The van der Waals surface area contributed by atoms with E-state index in [9.17, 15) is 14.7 Å². The summed E-state index contributed by atoms with van der Waals surface area (Å²) < 4.78 is 10.8. The van der Waals surface area contributed by atoms with Gasteiger partial charge in [0.25, 0.3) is 11.7 Å². The number of aryl methyl sites for hydroxylation is 1. The fraction of sp³-hybridized carbons (Fsp3) is 0.154. The van der Waals surface area contributed by atoms with Crippen LogP contribution in [-0.2, 0) is 9.59 Å². The van der Waals surface area contributed by atoms with Gasteiger partial charge in [0.1, 0.15) is 22.8 Å². The Balaban J connectivity index is 2.04. The second-order valence-electron chi connectivity index (χ2n) is 7.66. The van der Waals surface area contributed by atoms with Crippen molar-refractivity contribution in [3.8, 4) is 11.5 Å². The van der Waals surface area contributed by atoms with Crippen molar-refractivity contribution in [2.75, 3.05) is 19.1 Å². The summed E-state index contributed by atoms with van der Waals surface area (Å²) in [6.45, 7) is 1.87. The van der Waals surface area contributed by atoms with Gasteiger partial charge >= 0.3 is 0 Å². The number of ether oxygens (including phenoxy) is 2. The van der Waals surface area contributed by atoms with E-state index in [1.54, 1.807) is 36.4 Å². The van der Waals surface area contributed by atoms with Gasteiger partial charge in [0.15, 0.2) is 0 Å². The lowest BCUT2D eigenvalue weighted by Crippen LogP contribution is -2.29. The van der Waals surface area contributed by atoms with E-state index in [4.69, 9.17) is 32.7 Å². The van der Waals surface area contributed by atoms with Crippen LogP contribution < -0.4 is 14.4 Å². The van der Waals surface area contributed by atoms with Crippen LogP contribution in [0.5, 0.6) is 11.5 Å². The van der Waals surface area contributed by atoms with Gasteiger partial charge in [0.05, 0.1) is 35.9 Å². The van der Waals surface area contributed by atoms with Crippen molar-refractivity contribution in [3.63, 3.8) is 0 Å². The van der Waals surface area contributed by atoms with Crippen molar-refractivity contribution in [1.82, 2.24) is 0 Å². The highest BCUT2D eigenvalue weighted by Gasteiger charge is 2.48. The number of carbonyl (C=O) groups is 2. The number of ketones is 1. The topological polar surface area (TPSA) is 76.1 Å². The molecule has 3 aromatic rings. The third-order valence-corrected chi connectivity index (χ3v) is 6.51. The van der Waals surface area contributed by atoms with E-state index < -0.39 is 23.5 Å². The van der Waals surface area contributed by atoms with E-state index in [0.717, 1.165) is 5.56 Å². The largest absolute Gasteiger partial charge is 0.506 e. The molecule has 1 N–H and O–H groups in total. The molecule has 0 bridgehead atoms. The number of amides is 1. The maximum atomic E-state index is 13.4. The molecule has 1 unspecified atom stereocenters. The maximum Gasteiger partial charge on any atom is 0.300 e. The minimum Gasteiger partial charge on any atom is -0.506 e. The Labute approximate surface area is 206 Å². The van der Waals surface area contributed by atoms with Crippen LogP contribution in [0.15, 0.2) is 66.2 Å². The van der Waals surface area contributed by atoms with E-state index in [0.29, 0.717) is 27.8 Å². The first-order valence-corrected chi connectivity index (χ1v) is 11.1. The number of hydrogen-bond acceptors (Lipinski definition) is 5. The SMILES string of the molecule is COc1cccc(OC)c1/C(O)=C1\C(=O)C(=O)N(c2ccc(Cl)c(Cl)c2)C1c1ccccc1C. The zero-order valence-corrected chi connectivity index (χ0v) is 20.1. The number of aliphatic hydroxyl groups is 1. The molecule has 0 saturated carbocycles. The maximum absolute atomic E-state index is 13.4. The van der Waals surface area contributed by atoms with Crippen molar-refractivity contribution < 1.29 is 24.2 Å². The van der Waals surface area contributed by atoms with Gasteiger partial charge in [-0.15, -0.1) is 0 Å². The van der Waals surface area contributed by atoms with Crippen LogP contribution in [0.4, 0.5) is 5.69 Å². The summed E-state index contributed by atoms with van der Waals surface area (Å²) in [6.07, 6.45) is 0. The van der Waals surface area contributed by atoms with Gasteiger partial charge in [0.2, 0.25) is 0 Å². The Kier molecular flexibility index (Phi) is 6.55. The predicted octanol–water partition coefficient (Wildman–Crippen LogP) is 5.95. The molecule has 1 aliphatic rings. The Hall–Kier alpha value is -3.48. The van der Waals surface area contributed by atoms with E-state index in [2.05, 4.69) is 0 Å². The number of benzene rings is 3. The molecule has 1 amide bonds. The first-order chi connectivity index (χ1) is 16.3. The molecule has 6 nitrogen and oxygen atoms in total. The minimum atomic E-state index is -0.923. The van der Waals surface area contributed by atoms with Gasteiger partial charge in [-0.25, -0.2) is 0 Å². The number of aliphatic hydroxyl groups excluding tert-OH is 1. The molecule has 4 rings (SSSR count). The molecule has 0 spiro atoms. The average molecular weight is 498 g/mol. The van der Waals surface area contributed by atoms with Crippen LogP contribution in [0, 0.1) is 6.92 Å². The van der Waals surface area contributed by atoms with Crippen LogP contribution in [-0.4, -0.2) is 31.0 Å². The number of carbonyl (C=O) groups excluding carboxylic acids is 2. The van der Waals surface area contributed by atoms with Crippen LogP contribution in [0.25, 0.3) is 5.76 Å². The number of halogens is 2. The van der Waals surface area contributed by atoms with E-state index >= 15 is 0 Å². The predicted molar refractivity (Wildman–Crippen MR) is 132 cm³/mol. The molecule has 1 aliphatic heterocycles. The zero-order valence-electron chi connectivity index (χ0n) is 18.6. The van der Waals surface area contributed by atoms with Crippen LogP contribution >= 0.6 is 23.2 Å². The van der Waals surface area contributed by atoms with Crippen LogP contribution in [0.3, 0.4) is 0 Å². The second-order valence-corrected chi connectivity index (χ2v) is 8.48. The normalized spacial score (nSPS) is 17.2. The summed E-state index contributed by atoms with van der Waals surface area (Å²) in [4.78, 5) is 28.1. The van der Waals surface area contributed by atoms with Gasteiger partial charge in [-0.05, 0) is 48.4 Å². The lowest BCUT2D eigenvalue weighted by molar-refractivity contribution is -0.132. The molecule has 1 heterocycles. The fourth-order valence-electron chi connectivity index (χ4n) is 4.14. The standard InChI is InChI=1S/C26H21Cl2NO5/c1-14-7-4-5-8-16(14)23-22(24(30)21-19(33-2)9-6-10-20(21)34-3)25(31)26(32)29(23)15-11-12-17(27)18(28)13-15/h4-13,23,30H,1-3H3/b24-22+. The third-order valence-electron chi connectivity index (χ3n) is 5.77. The van der Waals surface area contributed by atoms with E-state index in [1.165, 1.54) is 25.2 Å². The fourth-order valence-corrected chi connectivity index (χ4v) is 4.43. The highest BCUT2D eigenvalue weighted by atomic mass is 35.5. The smallest absolute Gasteiger partial charge is 0.300 e. The number of anilines is 1. The van der Waals surface area contributed by atoms with Crippen molar-refractivity contribution in [2.45, 2.75) is 13.0 Å². The quantitative estimate of drug-likeness (QED) is 0.268. The summed E-state index contributed by atoms with van der Waals surface area (Å²) in [5.41, 5.74) is 1.96. The van der Waals surface area contributed by atoms with Crippen LogP contribution in [0.2, 0.25) is 10.0 Å². The van der Waals surface area contributed by atoms with E-state index in [1.807, 2.05) is 25.1 Å². The van der Waals surface area contributed by atoms with Crippen molar-refractivity contribution >= 4 is 46.3 Å². The summed E-state index contributed by atoms with van der Waals surface area (Å²) in [7, 11) is 2.89. The molecular formula is C26H21Cl2NO5. The summed E-state index contributed by atoms with van der Waals surface area (Å²) in [5.74, 6) is -1.46. The average Bonchev–Trinajstić information content (AvgIpc) is 3.10.